The largest absolute Gasteiger partial charge is 0.347 e. The van der Waals surface area contributed by atoms with Crippen molar-refractivity contribution in [1.29, 1.82) is 0 Å². The number of hydrogen-bond donors (Lipinski definition) is 0. The van der Waals surface area contributed by atoms with Gasteiger partial charge in [0, 0.05) is 34.8 Å². The lowest BCUT2D eigenvalue weighted by Gasteiger charge is -2.08. The van der Waals surface area contributed by atoms with Gasteiger partial charge in [-0.3, -0.25) is 4.79 Å². The van der Waals surface area contributed by atoms with Crippen molar-refractivity contribution in [3.05, 3.63) is 83.6 Å². The molecule has 0 aliphatic carbocycles. The number of aromatic nitrogens is 1. The zero-order valence-electron chi connectivity index (χ0n) is 16.0. The first-order valence-electron chi connectivity index (χ1n) is 9.81. The number of aryl methyl sites for hydroxylation is 2. The summed E-state index contributed by atoms with van der Waals surface area (Å²) >= 11 is 0. The highest BCUT2D eigenvalue weighted by atomic mass is 16.1. The van der Waals surface area contributed by atoms with Crippen molar-refractivity contribution in [3.8, 4) is 0 Å². The fourth-order valence-electron chi connectivity index (χ4n) is 4.01. The molecule has 4 aromatic rings. The molecule has 0 spiro atoms. The molecule has 0 aliphatic rings. The first-order valence-corrected chi connectivity index (χ1v) is 9.81. The van der Waals surface area contributed by atoms with Gasteiger partial charge in [-0.1, -0.05) is 74.4 Å². The topological polar surface area (TPSA) is 22.0 Å². The normalized spacial score (nSPS) is 11.3. The van der Waals surface area contributed by atoms with E-state index in [1.54, 1.807) is 0 Å². The highest BCUT2D eigenvalue weighted by Crippen LogP contribution is 2.29. The number of carbonyl (C=O) groups is 1. The minimum atomic E-state index is 0.111. The van der Waals surface area contributed by atoms with Gasteiger partial charge in [0.15, 0.2) is 5.78 Å². The van der Waals surface area contributed by atoms with Gasteiger partial charge < -0.3 is 4.57 Å². The van der Waals surface area contributed by atoms with Crippen LogP contribution in [0.2, 0.25) is 0 Å². The molecule has 1 aromatic heterocycles. The van der Waals surface area contributed by atoms with Crippen molar-refractivity contribution in [1.82, 2.24) is 4.57 Å². The number of benzene rings is 3. The molecule has 0 aliphatic heterocycles. The van der Waals surface area contributed by atoms with E-state index in [1.807, 2.05) is 24.3 Å². The Hall–Kier alpha value is -2.87. The van der Waals surface area contributed by atoms with E-state index in [2.05, 4.69) is 61.0 Å². The molecule has 0 atom stereocenters. The Balaban J connectivity index is 1.85. The van der Waals surface area contributed by atoms with E-state index in [-0.39, 0.29) is 5.78 Å². The molecule has 136 valence electrons. The smallest absolute Gasteiger partial charge is 0.195 e. The molecule has 0 unspecified atom stereocenters. The molecule has 2 heteroatoms. The summed E-state index contributed by atoms with van der Waals surface area (Å²) in [6.45, 7) is 5.24. The van der Waals surface area contributed by atoms with Crippen LogP contribution in [-0.2, 0) is 6.54 Å². The summed E-state index contributed by atoms with van der Waals surface area (Å²) in [7, 11) is 0. The van der Waals surface area contributed by atoms with Crippen molar-refractivity contribution in [3.63, 3.8) is 0 Å². The number of carbonyl (C=O) groups excluding carboxylic acids is 1. The Bertz CT molecular complexity index is 1110. The van der Waals surface area contributed by atoms with Gasteiger partial charge in [0.1, 0.15) is 0 Å². The summed E-state index contributed by atoms with van der Waals surface area (Å²) < 4.78 is 2.25. The zero-order valence-corrected chi connectivity index (χ0v) is 16.0. The molecule has 27 heavy (non-hydrogen) atoms. The molecule has 0 N–H and O–H groups in total. The Morgan fingerprint density at radius 1 is 0.889 bits per heavy atom. The highest BCUT2D eigenvalue weighted by Gasteiger charge is 2.19. The van der Waals surface area contributed by atoms with Crippen LogP contribution < -0.4 is 0 Å². The average molecular weight is 355 g/mol. The molecular formula is C25H25NO. The summed E-state index contributed by atoms with van der Waals surface area (Å²) in [6.07, 6.45) is 5.59. The summed E-state index contributed by atoms with van der Waals surface area (Å²) in [4.78, 5) is 13.6. The Labute approximate surface area is 160 Å². The third-order valence-corrected chi connectivity index (χ3v) is 5.39. The van der Waals surface area contributed by atoms with Crippen molar-refractivity contribution >= 4 is 27.5 Å². The lowest BCUT2D eigenvalue weighted by molar-refractivity contribution is 0.104. The second-order valence-electron chi connectivity index (χ2n) is 7.27. The lowest BCUT2D eigenvalue weighted by atomic mass is 9.94. The van der Waals surface area contributed by atoms with Crippen LogP contribution in [0.25, 0.3) is 21.7 Å². The van der Waals surface area contributed by atoms with Gasteiger partial charge in [0.25, 0.3) is 0 Å². The van der Waals surface area contributed by atoms with E-state index in [1.165, 1.54) is 12.8 Å². The van der Waals surface area contributed by atoms with Gasteiger partial charge in [-0.05, 0) is 35.7 Å². The van der Waals surface area contributed by atoms with Gasteiger partial charge >= 0.3 is 0 Å². The third kappa shape index (κ3) is 3.16. The Morgan fingerprint density at radius 3 is 2.48 bits per heavy atom. The Kier molecular flexibility index (Phi) is 4.81. The zero-order chi connectivity index (χ0) is 18.8. The number of ketones is 1. The predicted molar refractivity (Wildman–Crippen MR) is 114 cm³/mol. The third-order valence-electron chi connectivity index (χ3n) is 5.39. The number of nitrogens with zero attached hydrogens (tertiary/aromatic N) is 1. The minimum absolute atomic E-state index is 0.111. The second kappa shape index (κ2) is 7.40. The van der Waals surface area contributed by atoms with E-state index in [9.17, 15) is 4.79 Å². The lowest BCUT2D eigenvalue weighted by Crippen LogP contribution is -2.03. The Morgan fingerprint density at radius 2 is 1.67 bits per heavy atom. The molecule has 4 rings (SSSR count). The van der Waals surface area contributed by atoms with Crippen LogP contribution in [-0.4, -0.2) is 10.4 Å². The molecule has 0 amide bonds. The average Bonchev–Trinajstić information content (AvgIpc) is 3.06. The maximum atomic E-state index is 13.6. The fraction of sp³-hybridized carbons (Fsp3) is 0.240. The SMILES string of the molecule is CCCCCn1cc(C(=O)c2cccc3cccc(C)c23)c2ccccc21. The fourth-order valence-corrected chi connectivity index (χ4v) is 4.01. The van der Waals surface area contributed by atoms with Crippen LogP contribution >= 0.6 is 0 Å². The summed E-state index contributed by atoms with van der Waals surface area (Å²) in [5, 5.41) is 3.23. The van der Waals surface area contributed by atoms with Crippen molar-refractivity contribution in [2.24, 2.45) is 0 Å². The maximum Gasteiger partial charge on any atom is 0.195 e. The molecule has 3 aromatic carbocycles. The molecule has 0 radical (unpaired) electrons. The van der Waals surface area contributed by atoms with Crippen molar-refractivity contribution in [2.45, 2.75) is 39.7 Å². The molecule has 0 bridgehead atoms. The molecule has 0 saturated carbocycles. The maximum absolute atomic E-state index is 13.6. The van der Waals surface area contributed by atoms with E-state index in [4.69, 9.17) is 0 Å². The van der Waals surface area contributed by atoms with Gasteiger partial charge in [-0.2, -0.15) is 0 Å². The highest BCUT2D eigenvalue weighted by molar-refractivity contribution is 6.21. The molecule has 0 saturated heterocycles. The van der Waals surface area contributed by atoms with E-state index >= 15 is 0 Å². The quantitative estimate of drug-likeness (QED) is 0.285. The van der Waals surface area contributed by atoms with E-state index < -0.39 is 0 Å². The first-order chi connectivity index (χ1) is 13.2. The predicted octanol–water partition coefficient (Wildman–Crippen LogP) is 6.52. The molecule has 1 heterocycles. The standard InChI is InChI=1S/C25H25NO/c1-3-4-7-16-26-17-22(20-13-5-6-15-23(20)26)25(27)21-14-9-12-19-11-8-10-18(2)24(19)21/h5-6,8-15,17H,3-4,7,16H2,1-2H3. The number of rotatable bonds is 6. The summed E-state index contributed by atoms with van der Waals surface area (Å²) in [6, 6.07) is 20.5. The van der Waals surface area contributed by atoms with Crippen LogP contribution in [0.1, 0.15) is 47.7 Å². The molecule has 2 nitrogen and oxygen atoms in total. The number of fused-ring (bicyclic) bond motifs is 2. The second-order valence-corrected chi connectivity index (χ2v) is 7.27. The number of para-hydroxylation sites is 1. The van der Waals surface area contributed by atoms with Crippen LogP contribution in [0.15, 0.2) is 66.9 Å². The first kappa shape index (κ1) is 17.5. The van der Waals surface area contributed by atoms with E-state index in [0.29, 0.717) is 0 Å². The number of hydrogen-bond acceptors (Lipinski definition) is 1. The van der Waals surface area contributed by atoms with Crippen LogP contribution in [0, 0.1) is 6.92 Å². The number of unbranched alkanes of at least 4 members (excludes halogenated alkanes) is 2. The van der Waals surface area contributed by atoms with Gasteiger partial charge in [-0.25, -0.2) is 0 Å². The van der Waals surface area contributed by atoms with Gasteiger partial charge in [0.05, 0.1) is 0 Å². The summed E-state index contributed by atoms with van der Waals surface area (Å²) in [5.74, 6) is 0.111. The minimum Gasteiger partial charge on any atom is -0.347 e. The van der Waals surface area contributed by atoms with Crippen LogP contribution in [0.3, 0.4) is 0 Å². The van der Waals surface area contributed by atoms with Gasteiger partial charge in [-0.15, -0.1) is 0 Å². The van der Waals surface area contributed by atoms with Crippen molar-refractivity contribution in [2.75, 3.05) is 0 Å². The monoisotopic (exact) mass is 355 g/mol. The van der Waals surface area contributed by atoms with Crippen LogP contribution in [0.5, 0.6) is 0 Å². The van der Waals surface area contributed by atoms with Crippen LogP contribution in [0.4, 0.5) is 0 Å². The molecular weight excluding hydrogens is 330 g/mol. The molecule has 0 fully saturated rings. The summed E-state index contributed by atoms with van der Waals surface area (Å²) in [5.41, 5.74) is 3.89. The van der Waals surface area contributed by atoms with E-state index in [0.717, 1.165) is 51.3 Å². The van der Waals surface area contributed by atoms with Crippen molar-refractivity contribution < 1.29 is 4.79 Å². The van der Waals surface area contributed by atoms with Gasteiger partial charge in [0.2, 0.25) is 0 Å².